The molecular formula is C16H18FNO3S. The van der Waals surface area contributed by atoms with Gasteiger partial charge in [-0.25, -0.2) is 12.8 Å². The SMILES string of the molecule is CS(=O)(=O)Cc1ccccc1NCCOc1cccc(F)c1. The summed E-state index contributed by atoms with van der Waals surface area (Å²) in [6.45, 7) is 0.827. The van der Waals surface area contributed by atoms with Crippen LogP contribution in [0.1, 0.15) is 5.56 Å². The maximum absolute atomic E-state index is 13.0. The fraction of sp³-hybridized carbons (Fsp3) is 0.250. The highest BCUT2D eigenvalue weighted by Crippen LogP contribution is 2.17. The van der Waals surface area contributed by atoms with Crippen molar-refractivity contribution in [1.29, 1.82) is 0 Å². The maximum Gasteiger partial charge on any atom is 0.151 e. The van der Waals surface area contributed by atoms with Gasteiger partial charge in [-0.15, -0.1) is 0 Å². The number of halogens is 1. The molecule has 0 saturated heterocycles. The zero-order valence-electron chi connectivity index (χ0n) is 12.3. The lowest BCUT2D eigenvalue weighted by molar-refractivity contribution is 0.331. The van der Waals surface area contributed by atoms with Crippen molar-refractivity contribution in [3.8, 4) is 5.75 Å². The van der Waals surface area contributed by atoms with Crippen molar-refractivity contribution in [2.24, 2.45) is 0 Å². The Balaban J connectivity index is 1.89. The van der Waals surface area contributed by atoms with Crippen molar-refractivity contribution in [3.63, 3.8) is 0 Å². The molecule has 0 aliphatic heterocycles. The summed E-state index contributed by atoms with van der Waals surface area (Å²) in [5.74, 6) is 0.108. The summed E-state index contributed by atoms with van der Waals surface area (Å²) < 4.78 is 41.3. The van der Waals surface area contributed by atoms with Crippen LogP contribution < -0.4 is 10.1 Å². The molecule has 0 aliphatic rings. The van der Waals surface area contributed by atoms with Crippen LogP contribution in [0.25, 0.3) is 0 Å². The number of rotatable bonds is 7. The fourth-order valence-corrected chi connectivity index (χ4v) is 2.83. The van der Waals surface area contributed by atoms with Crippen LogP contribution in [0.3, 0.4) is 0 Å². The zero-order valence-corrected chi connectivity index (χ0v) is 13.1. The summed E-state index contributed by atoms with van der Waals surface area (Å²) in [6.07, 6.45) is 1.21. The Hall–Kier alpha value is -2.08. The van der Waals surface area contributed by atoms with E-state index in [0.29, 0.717) is 18.9 Å². The summed E-state index contributed by atoms with van der Waals surface area (Å²) >= 11 is 0. The van der Waals surface area contributed by atoms with Crippen LogP contribution in [-0.2, 0) is 15.6 Å². The van der Waals surface area contributed by atoms with Gasteiger partial charge in [-0.3, -0.25) is 0 Å². The highest BCUT2D eigenvalue weighted by molar-refractivity contribution is 7.89. The van der Waals surface area contributed by atoms with Crippen molar-refractivity contribution in [3.05, 3.63) is 59.9 Å². The van der Waals surface area contributed by atoms with E-state index in [0.717, 1.165) is 11.3 Å². The number of para-hydroxylation sites is 1. The number of sulfone groups is 1. The molecule has 0 saturated carbocycles. The number of anilines is 1. The second-order valence-electron chi connectivity index (χ2n) is 4.96. The van der Waals surface area contributed by atoms with Gasteiger partial charge in [0.2, 0.25) is 0 Å². The molecular weight excluding hydrogens is 305 g/mol. The third-order valence-electron chi connectivity index (χ3n) is 2.92. The molecule has 0 heterocycles. The van der Waals surface area contributed by atoms with E-state index < -0.39 is 9.84 Å². The molecule has 2 rings (SSSR count). The van der Waals surface area contributed by atoms with E-state index >= 15 is 0 Å². The first-order valence-electron chi connectivity index (χ1n) is 6.82. The van der Waals surface area contributed by atoms with Gasteiger partial charge in [0, 0.05) is 24.6 Å². The molecule has 0 bridgehead atoms. The third kappa shape index (κ3) is 5.37. The Kier molecular flexibility index (Phi) is 5.38. The molecule has 0 radical (unpaired) electrons. The van der Waals surface area contributed by atoms with Gasteiger partial charge in [0.05, 0.1) is 5.75 Å². The summed E-state index contributed by atoms with van der Waals surface area (Å²) in [5, 5.41) is 3.14. The monoisotopic (exact) mass is 323 g/mol. The molecule has 0 fully saturated rings. The highest BCUT2D eigenvalue weighted by atomic mass is 32.2. The molecule has 118 valence electrons. The first-order valence-corrected chi connectivity index (χ1v) is 8.88. The summed E-state index contributed by atoms with van der Waals surface area (Å²) in [7, 11) is -3.09. The average molecular weight is 323 g/mol. The van der Waals surface area contributed by atoms with Gasteiger partial charge < -0.3 is 10.1 Å². The highest BCUT2D eigenvalue weighted by Gasteiger charge is 2.08. The van der Waals surface area contributed by atoms with Gasteiger partial charge in [-0.05, 0) is 23.8 Å². The van der Waals surface area contributed by atoms with Gasteiger partial charge in [0.15, 0.2) is 9.84 Å². The quantitative estimate of drug-likeness (QED) is 0.796. The lowest BCUT2D eigenvalue weighted by Gasteiger charge is -2.12. The van der Waals surface area contributed by atoms with E-state index in [1.165, 1.54) is 18.4 Å². The second-order valence-corrected chi connectivity index (χ2v) is 7.10. The van der Waals surface area contributed by atoms with E-state index in [9.17, 15) is 12.8 Å². The molecule has 1 N–H and O–H groups in total. The van der Waals surface area contributed by atoms with Crippen molar-refractivity contribution in [2.45, 2.75) is 5.75 Å². The van der Waals surface area contributed by atoms with Crippen LogP contribution in [0.4, 0.5) is 10.1 Å². The fourth-order valence-electron chi connectivity index (χ4n) is 2.01. The Morgan fingerprint density at radius 2 is 1.91 bits per heavy atom. The van der Waals surface area contributed by atoms with Crippen molar-refractivity contribution in [1.82, 2.24) is 0 Å². The van der Waals surface area contributed by atoms with E-state index in [1.54, 1.807) is 24.3 Å². The predicted molar refractivity (Wildman–Crippen MR) is 85.4 cm³/mol. The van der Waals surface area contributed by atoms with E-state index in [4.69, 9.17) is 4.74 Å². The number of ether oxygens (including phenoxy) is 1. The largest absolute Gasteiger partial charge is 0.492 e. The summed E-state index contributed by atoms with van der Waals surface area (Å²) in [6, 6.07) is 13.2. The molecule has 4 nitrogen and oxygen atoms in total. The van der Waals surface area contributed by atoms with Crippen LogP contribution in [0.5, 0.6) is 5.75 Å². The number of hydrogen-bond acceptors (Lipinski definition) is 4. The third-order valence-corrected chi connectivity index (χ3v) is 3.75. The number of benzene rings is 2. The standard InChI is InChI=1S/C16H18FNO3S/c1-22(19,20)12-13-5-2-3-8-16(13)18-9-10-21-15-7-4-6-14(17)11-15/h2-8,11,18H,9-10,12H2,1H3. The Morgan fingerprint density at radius 1 is 1.14 bits per heavy atom. The molecule has 0 aromatic heterocycles. The number of nitrogens with one attached hydrogen (secondary N) is 1. The summed E-state index contributed by atoms with van der Waals surface area (Å²) in [4.78, 5) is 0. The van der Waals surface area contributed by atoms with Gasteiger partial charge >= 0.3 is 0 Å². The molecule has 6 heteroatoms. The van der Waals surface area contributed by atoms with Crippen LogP contribution in [0.2, 0.25) is 0 Å². The molecule has 2 aromatic carbocycles. The Morgan fingerprint density at radius 3 is 2.64 bits per heavy atom. The van der Waals surface area contributed by atoms with Gasteiger partial charge in [0.25, 0.3) is 0 Å². The van der Waals surface area contributed by atoms with Crippen molar-refractivity contribution < 1.29 is 17.5 Å². The minimum atomic E-state index is -3.09. The minimum Gasteiger partial charge on any atom is -0.492 e. The van der Waals surface area contributed by atoms with Crippen LogP contribution in [0, 0.1) is 5.82 Å². The van der Waals surface area contributed by atoms with E-state index in [1.807, 2.05) is 12.1 Å². The minimum absolute atomic E-state index is 0.0130. The Bertz CT molecular complexity index is 732. The molecule has 0 spiro atoms. The molecule has 22 heavy (non-hydrogen) atoms. The van der Waals surface area contributed by atoms with Crippen molar-refractivity contribution in [2.75, 3.05) is 24.7 Å². The first-order chi connectivity index (χ1) is 10.4. The predicted octanol–water partition coefficient (Wildman–Crippen LogP) is 2.86. The molecule has 0 unspecified atom stereocenters. The topological polar surface area (TPSA) is 55.4 Å². The molecule has 0 aliphatic carbocycles. The van der Waals surface area contributed by atoms with Gasteiger partial charge in [0.1, 0.15) is 18.2 Å². The first kappa shape index (κ1) is 16.3. The molecule has 0 amide bonds. The van der Waals surface area contributed by atoms with Crippen LogP contribution >= 0.6 is 0 Å². The second kappa shape index (κ2) is 7.26. The molecule has 0 atom stereocenters. The van der Waals surface area contributed by atoms with Crippen LogP contribution in [-0.4, -0.2) is 27.8 Å². The maximum atomic E-state index is 13.0. The van der Waals surface area contributed by atoms with Crippen LogP contribution in [0.15, 0.2) is 48.5 Å². The average Bonchev–Trinajstić information content (AvgIpc) is 2.44. The molecule has 2 aromatic rings. The van der Waals surface area contributed by atoms with Gasteiger partial charge in [-0.1, -0.05) is 24.3 Å². The number of hydrogen-bond donors (Lipinski definition) is 1. The normalized spacial score (nSPS) is 11.2. The van der Waals surface area contributed by atoms with E-state index in [2.05, 4.69) is 5.32 Å². The lowest BCUT2D eigenvalue weighted by Crippen LogP contribution is -2.13. The summed E-state index contributed by atoms with van der Waals surface area (Å²) in [5.41, 5.74) is 1.48. The lowest BCUT2D eigenvalue weighted by atomic mass is 10.2. The van der Waals surface area contributed by atoms with Crippen molar-refractivity contribution >= 4 is 15.5 Å². The zero-order chi connectivity index (χ0) is 16.0. The smallest absolute Gasteiger partial charge is 0.151 e. The van der Waals surface area contributed by atoms with E-state index in [-0.39, 0.29) is 11.6 Å². The Labute approximate surface area is 129 Å². The van der Waals surface area contributed by atoms with Gasteiger partial charge in [-0.2, -0.15) is 0 Å².